The summed E-state index contributed by atoms with van der Waals surface area (Å²) in [7, 11) is 0. The van der Waals surface area contributed by atoms with Gasteiger partial charge >= 0.3 is 0 Å². The van der Waals surface area contributed by atoms with Crippen molar-refractivity contribution in [1.29, 1.82) is 0 Å². The largest absolute Gasteiger partial charge is 0.373 e. The van der Waals surface area contributed by atoms with Crippen molar-refractivity contribution in [3.05, 3.63) is 29.8 Å². The molecule has 0 aromatic heterocycles. The third-order valence-electron chi connectivity index (χ3n) is 2.47. The Bertz CT molecular complexity index is 292. The quantitative estimate of drug-likeness (QED) is 0.653. The molecule has 1 aliphatic heterocycles. The maximum absolute atomic E-state index is 11.4. The summed E-state index contributed by atoms with van der Waals surface area (Å²) in [6.07, 6.45) is 1.37. The van der Waals surface area contributed by atoms with Crippen molar-refractivity contribution in [2.75, 3.05) is 6.61 Å². The van der Waals surface area contributed by atoms with Gasteiger partial charge in [-0.15, -0.1) is 0 Å². The van der Waals surface area contributed by atoms with Gasteiger partial charge in [0.05, 0.1) is 12.7 Å². The Kier molecular flexibility index (Phi) is 2.23. The molecule has 0 spiro atoms. The van der Waals surface area contributed by atoms with E-state index in [0.29, 0.717) is 12.0 Å². The van der Waals surface area contributed by atoms with E-state index < -0.39 is 0 Å². The van der Waals surface area contributed by atoms with E-state index in [4.69, 9.17) is 4.74 Å². The minimum absolute atomic E-state index is 0.149. The average molecular weight is 177 g/mol. The van der Waals surface area contributed by atoms with Crippen LogP contribution in [-0.2, 0) is 9.84 Å². The van der Waals surface area contributed by atoms with Gasteiger partial charge in [-0.25, -0.2) is 0 Å². The third-order valence-corrected chi connectivity index (χ3v) is 2.47. The van der Waals surface area contributed by atoms with Crippen LogP contribution in [0.15, 0.2) is 24.3 Å². The molecule has 1 fully saturated rings. The van der Waals surface area contributed by atoms with E-state index in [-0.39, 0.29) is 5.75 Å². The number of hydrogen-bond donors (Lipinski definition) is 0. The third kappa shape index (κ3) is 2.01. The van der Waals surface area contributed by atoms with Crippen molar-refractivity contribution in [2.24, 2.45) is 0 Å². The second-order valence-corrected chi connectivity index (χ2v) is 3.63. The van der Waals surface area contributed by atoms with Gasteiger partial charge in [-0.05, 0) is 18.4 Å². The van der Waals surface area contributed by atoms with E-state index in [2.05, 4.69) is 6.92 Å². The molecule has 2 nitrogen and oxygen atoms in total. The lowest BCUT2D eigenvalue weighted by atomic mass is 9.96. The minimum atomic E-state index is 0.149. The maximum Gasteiger partial charge on any atom is 0.182 e. The zero-order valence-electron chi connectivity index (χ0n) is 7.69. The Labute approximate surface area is 78.2 Å². The molecule has 0 N–H and O–H groups in total. The summed E-state index contributed by atoms with van der Waals surface area (Å²) in [6, 6.07) is 7.24. The lowest BCUT2D eigenvalue weighted by Gasteiger charge is -2.09. The molecule has 1 aromatic carbocycles. The topological polar surface area (TPSA) is 32.4 Å². The lowest BCUT2D eigenvalue weighted by molar-refractivity contribution is 0.341. The summed E-state index contributed by atoms with van der Waals surface area (Å²) in [5.74, 6) is 0.469. The molecule has 2 heteroatoms. The molecular formula is C11H13O2. The van der Waals surface area contributed by atoms with Crippen LogP contribution in [0.2, 0.25) is 0 Å². The molecule has 2 unspecified atom stereocenters. The summed E-state index contributed by atoms with van der Waals surface area (Å²) in [5, 5.41) is 11.4. The molecule has 0 bridgehead atoms. The van der Waals surface area contributed by atoms with Crippen molar-refractivity contribution >= 4 is 0 Å². The van der Waals surface area contributed by atoms with Crippen molar-refractivity contribution in [2.45, 2.75) is 25.4 Å². The van der Waals surface area contributed by atoms with Crippen LogP contribution in [0.5, 0.6) is 5.75 Å². The zero-order chi connectivity index (χ0) is 9.26. The Morgan fingerprint density at radius 2 is 2.23 bits per heavy atom. The molecule has 1 saturated heterocycles. The van der Waals surface area contributed by atoms with Crippen LogP contribution in [-0.4, -0.2) is 12.7 Å². The Morgan fingerprint density at radius 1 is 1.54 bits per heavy atom. The lowest BCUT2D eigenvalue weighted by Crippen LogP contribution is -1.98. The number of hydrogen-bond acceptors (Lipinski definition) is 1. The van der Waals surface area contributed by atoms with Crippen LogP contribution < -0.4 is 0 Å². The van der Waals surface area contributed by atoms with Gasteiger partial charge in [-0.2, -0.15) is 0 Å². The molecule has 0 saturated carbocycles. The Hall–Kier alpha value is -1.02. The predicted molar refractivity (Wildman–Crippen MR) is 49.3 cm³/mol. The van der Waals surface area contributed by atoms with Crippen LogP contribution in [0, 0.1) is 0 Å². The van der Waals surface area contributed by atoms with Gasteiger partial charge in [0.25, 0.3) is 0 Å². The first-order valence-electron chi connectivity index (χ1n) is 4.65. The number of benzene rings is 1. The fourth-order valence-electron chi connectivity index (χ4n) is 1.61. The normalized spacial score (nSPS) is 22.7. The van der Waals surface area contributed by atoms with Gasteiger partial charge in [0.15, 0.2) is 5.75 Å². The first-order chi connectivity index (χ1) is 6.27. The Morgan fingerprint density at radius 3 is 2.85 bits per heavy atom. The molecule has 1 heterocycles. The molecule has 0 amide bonds. The van der Waals surface area contributed by atoms with Gasteiger partial charge in [-0.3, -0.25) is 5.11 Å². The molecule has 0 aliphatic carbocycles. The van der Waals surface area contributed by atoms with E-state index in [0.717, 1.165) is 18.6 Å². The summed E-state index contributed by atoms with van der Waals surface area (Å²) in [4.78, 5) is 0. The molecule has 69 valence electrons. The minimum Gasteiger partial charge on any atom is -0.373 e. The van der Waals surface area contributed by atoms with E-state index in [1.54, 1.807) is 12.1 Å². The van der Waals surface area contributed by atoms with Gasteiger partial charge < -0.3 is 4.74 Å². The van der Waals surface area contributed by atoms with Crippen molar-refractivity contribution < 1.29 is 9.84 Å². The number of ether oxygens (including phenoxy) is 1. The highest BCUT2D eigenvalue weighted by atomic mass is 16.6. The fraction of sp³-hybridized carbons (Fsp3) is 0.455. The molecule has 13 heavy (non-hydrogen) atoms. The molecular weight excluding hydrogens is 164 g/mol. The molecule has 1 radical (unpaired) electrons. The van der Waals surface area contributed by atoms with Crippen LogP contribution in [0.25, 0.3) is 0 Å². The highest BCUT2D eigenvalue weighted by Gasteiger charge is 2.26. The van der Waals surface area contributed by atoms with Gasteiger partial charge in [-0.1, -0.05) is 25.1 Å². The highest BCUT2D eigenvalue weighted by Crippen LogP contribution is 2.31. The maximum atomic E-state index is 11.4. The smallest absolute Gasteiger partial charge is 0.182 e. The van der Waals surface area contributed by atoms with Crippen molar-refractivity contribution in [3.8, 4) is 5.75 Å². The molecule has 2 rings (SSSR count). The van der Waals surface area contributed by atoms with E-state index in [9.17, 15) is 5.11 Å². The monoisotopic (exact) mass is 177 g/mol. The van der Waals surface area contributed by atoms with Crippen LogP contribution in [0.1, 0.15) is 24.8 Å². The zero-order valence-corrected chi connectivity index (χ0v) is 7.69. The predicted octanol–water partition coefficient (Wildman–Crippen LogP) is 2.72. The van der Waals surface area contributed by atoms with Crippen LogP contribution >= 0.6 is 0 Å². The second kappa shape index (κ2) is 3.38. The standard InChI is InChI=1S/C11H13O2/c1-8(6-9-7-13-9)10-4-2-3-5-11(10)12/h2-5,8-9H,6-7H2,1H3. The number of epoxide rings is 1. The molecule has 1 aromatic rings. The van der Waals surface area contributed by atoms with Crippen LogP contribution in [0.3, 0.4) is 0 Å². The highest BCUT2D eigenvalue weighted by molar-refractivity contribution is 5.34. The van der Waals surface area contributed by atoms with E-state index in [1.165, 1.54) is 0 Å². The van der Waals surface area contributed by atoms with E-state index >= 15 is 0 Å². The second-order valence-electron chi connectivity index (χ2n) is 3.63. The first kappa shape index (κ1) is 8.57. The first-order valence-corrected chi connectivity index (χ1v) is 4.65. The summed E-state index contributed by atoms with van der Waals surface area (Å²) >= 11 is 0. The van der Waals surface area contributed by atoms with E-state index in [1.807, 2.05) is 12.1 Å². The Balaban J connectivity index is 2.09. The summed E-state index contributed by atoms with van der Waals surface area (Å²) in [5.41, 5.74) is 0.915. The number of rotatable bonds is 3. The van der Waals surface area contributed by atoms with Gasteiger partial charge in [0, 0.05) is 5.56 Å². The fourth-order valence-corrected chi connectivity index (χ4v) is 1.61. The summed E-state index contributed by atoms with van der Waals surface area (Å²) < 4.78 is 5.14. The van der Waals surface area contributed by atoms with Gasteiger partial charge in [0.1, 0.15) is 0 Å². The SMILES string of the molecule is CC(CC1CO1)c1ccccc1[O]. The summed E-state index contributed by atoms with van der Waals surface area (Å²) in [6.45, 7) is 2.95. The number of para-hydroxylation sites is 1. The van der Waals surface area contributed by atoms with Crippen molar-refractivity contribution in [1.82, 2.24) is 0 Å². The molecule has 2 atom stereocenters. The van der Waals surface area contributed by atoms with Gasteiger partial charge in [0.2, 0.25) is 0 Å². The average Bonchev–Trinajstić information content (AvgIpc) is 2.89. The molecule has 1 aliphatic rings. The van der Waals surface area contributed by atoms with Crippen LogP contribution in [0.4, 0.5) is 0 Å². The van der Waals surface area contributed by atoms with Crippen molar-refractivity contribution in [3.63, 3.8) is 0 Å².